The Labute approximate surface area is 104 Å². The van der Waals surface area contributed by atoms with Crippen LogP contribution in [0.3, 0.4) is 0 Å². The summed E-state index contributed by atoms with van der Waals surface area (Å²) in [7, 11) is 1.67. The first-order valence-electron chi connectivity index (χ1n) is 5.45. The second-order valence-corrected chi connectivity index (χ2v) is 3.89. The number of benzene rings is 1. The fourth-order valence-electron chi connectivity index (χ4n) is 1.67. The molecule has 2 N–H and O–H groups in total. The maximum Gasteiger partial charge on any atom is 0.169 e. The van der Waals surface area contributed by atoms with Crippen LogP contribution in [0.5, 0.6) is 0 Å². The summed E-state index contributed by atoms with van der Waals surface area (Å²) in [6.07, 6.45) is 0.988. The molecule has 94 valence electrons. The number of hydrogen-bond acceptors (Lipinski definition) is 3. The quantitative estimate of drug-likeness (QED) is 0.909. The molecule has 0 unspecified atom stereocenters. The minimum Gasteiger partial charge on any atom is -0.327 e. The molecular formula is C13H13F2N3. The Hall–Kier alpha value is -2.01. The number of hydrogen-bond donors (Lipinski definition) is 1. The van der Waals surface area contributed by atoms with E-state index in [1.54, 1.807) is 11.9 Å². The molecule has 0 aliphatic rings. The second kappa shape index (κ2) is 5.10. The lowest BCUT2D eigenvalue weighted by Crippen LogP contribution is -2.13. The Kier molecular flexibility index (Phi) is 3.53. The summed E-state index contributed by atoms with van der Waals surface area (Å²) in [6, 6.07) is 8.17. The van der Waals surface area contributed by atoms with Crippen LogP contribution in [-0.2, 0) is 6.54 Å². The van der Waals surface area contributed by atoms with Gasteiger partial charge in [0.15, 0.2) is 11.6 Å². The van der Waals surface area contributed by atoms with E-state index in [1.807, 2.05) is 24.3 Å². The number of anilines is 2. The molecule has 0 amide bonds. The van der Waals surface area contributed by atoms with Crippen molar-refractivity contribution >= 4 is 11.5 Å². The van der Waals surface area contributed by atoms with Crippen molar-refractivity contribution in [2.75, 3.05) is 11.9 Å². The lowest BCUT2D eigenvalue weighted by Gasteiger charge is -2.19. The third-order valence-corrected chi connectivity index (χ3v) is 2.64. The van der Waals surface area contributed by atoms with E-state index in [2.05, 4.69) is 4.98 Å². The predicted molar refractivity (Wildman–Crippen MR) is 66.5 cm³/mol. The molecule has 1 heterocycles. The zero-order valence-electron chi connectivity index (χ0n) is 9.90. The molecule has 0 aliphatic carbocycles. The van der Waals surface area contributed by atoms with Gasteiger partial charge in [-0.25, -0.2) is 13.8 Å². The van der Waals surface area contributed by atoms with Crippen molar-refractivity contribution in [2.24, 2.45) is 5.73 Å². The Morgan fingerprint density at radius 3 is 2.72 bits per heavy atom. The van der Waals surface area contributed by atoms with E-state index < -0.39 is 11.6 Å². The summed E-state index contributed by atoms with van der Waals surface area (Å²) in [5.74, 6) is -1.32. The fourth-order valence-corrected chi connectivity index (χ4v) is 1.67. The van der Waals surface area contributed by atoms with Crippen molar-refractivity contribution in [2.45, 2.75) is 6.54 Å². The van der Waals surface area contributed by atoms with Gasteiger partial charge in [0.25, 0.3) is 0 Å². The lowest BCUT2D eigenvalue weighted by atomic mass is 10.2. The van der Waals surface area contributed by atoms with Gasteiger partial charge in [0.1, 0.15) is 5.82 Å². The largest absolute Gasteiger partial charge is 0.327 e. The number of pyridine rings is 1. The molecule has 3 nitrogen and oxygen atoms in total. The van der Waals surface area contributed by atoms with Gasteiger partial charge in [-0.2, -0.15) is 0 Å². The Morgan fingerprint density at radius 1 is 1.28 bits per heavy atom. The first kappa shape index (κ1) is 12.4. The molecule has 18 heavy (non-hydrogen) atoms. The van der Waals surface area contributed by atoms with Gasteiger partial charge in [-0.3, -0.25) is 0 Å². The maximum absolute atomic E-state index is 13.6. The van der Waals surface area contributed by atoms with Gasteiger partial charge in [0.2, 0.25) is 0 Å². The van der Waals surface area contributed by atoms with Gasteiger partial charge in [0, 0.05) is 25.3 Å². The van der Waals surface area contributed by atoms with Crippen molar-refractivity contribution in [3.63, 3.8) is 0 Å². The minimum absolute atomic E-state index is 0.0746. The number of nitrogens with two attached hydrogens (primary N) is 1. The zero-order chi connectivity index (χ0) is 13.1. The van der Waals surface area contributed by atoms with Crippen molar-refractivity contribution in [3.8, 4) is 0 Å². The Bertz CT molecular complexity index is 558. The average Bonchev–Trinajstić information content (AvgIpc) is 2.38. The summed E-state index contributed by atoms with van der Waals surface area (Å²) < 4.78 is 26.4. The Balaban J connectivity index is 2.37. The highest BCUT2D eigenvalue weighted by atomic mass is 19.1. The van der Waals surface area contributed by atoms with Crippen LogP contribution in [0.2, 0.25) is 0 Å². The van der Waals surface area contributed by atoms with Crippen LogP contribution in [-0.4, -0.2) is 12.0 Å². The van der Waals surface area contributed by atoms with E-state index in [-0.39, 0.29) is 5.82 Å². The summed E-state index contributed by atoms with van der Waals surface area (Å²) in [5, 5.41) is 0. The normalized spacial score (nSPS) is 10.4. The number of rotatable bonds is 3. The van der Waals surface area contributed by atoms with Crippen LogP contribution in [0, 0.1) is 11.6 Å². The molecule has 0 aliphatic heterocycles. The topological polar surface area (TPSA) is 42.1 Å². The summed E-state index contributed by atoms with van der Waals surface area (Å²) in [4.78, 5) is 5.30. The third kappa shape index (κ3) is 2.46. The van der Waals surface area contributed by atoms with E-state index >= 15 is 0 Å². The van der Waals surface area contributed by atoms with Crippen molar-refractivity contribution in [1.82, 2.24) is 4.98 Å². The highest BCUT2D eigenvalue weighted by Gasteiger charge is 2.12. The van der Waals surface area contributed by atoms with Crippen LogP contribution in [0.1, 0.15) is 5.56 Å². The summed E-state index contributed by atoms with van der Waals surface area (Å²) >= 11 is 0. The summed E-state index contributed by atoms with van der Waals surface area (Å²) in [5.41, 5.74) is 7.23. The Morgan fingerprint density at radius 2 is 2.06 bits per heavy atom. The molecule has 2 aromatic rings. The summed E-state index contributed by atoms with van der Waals surface area (Å²) in [6.45, 7) is 0.404. The first-order valence-corrected chi connectivity index (χ1v) is 5.45. The number of nitrogens with zero attached hydrogens (tertiary/aromatic N) is 2. The van der Waals surface area contributed by atoms with Crippen LogP contribution >= 0.6 is 0 Å². The lowest BCUT2D eigenvalue weighted by molar-refractivity contribution is 0.573. The van der Waals surface area contributed by atoms with Crippen molar-refractivity contribution in [3.05, 3.63) is 53.7 Å². The molecule has 0 saturated carbocycles. The zero-order valence-corrected chi connectivity index (χ0v) is 9.90. The second-order valence-electron chi connectivity index (χ2n) is 3.89. The minimum atomic E-state index is -0.698. The highest BCUT2D eigenvalue weighted by Crippen LogP contribution is 2.24. The predicted octanol–water partition coefficient (Wildman–Crippen LogP) is 2.59. The van der Waals surface area contributed by atoms with Crippen LogP contribution < -0.4 is 10.6 Å². The van der Waals surface area contributed by atoms with Crippen LogP contribution in [0.4, 0.5) is 20.3 Å². The van der Waals surface area contributed by atoms with E-state index in [4.69, 9.17) is 5.73 Å². The highest BCUT2D eigenvalue weighted by molar-refractivity contribution is 5.60. The molecule has 0 fully saturated rings. The molecular weight excluding hydrogens is 236 g/mol. The molecule has 0 saturated heterocycles. The van der Waals surface area contributed by atoms with E-state index in [1.165, 1.54) is 0 Å². The SMILES string of the molecule is CN(c1cccc(CN)c1)c1ncc(F)cc1F. The molecule has 0 radical (unpaired) electrons. The van der Waals surface area contributed by atoms with Gasteiger partial charge in [-0.05, 0) is 17.7 Å². The number of aromatic nitrogens is 1. The molecule has 1 aromatic heterocycles. The molecule has 0 bridgehead atoms. The average molecular weight is 249 g/mol. The van der Waals surface area contributed by atoms with E-state index in [0.717, 1.165) is 23.5 Å². The molecule has 1 aromatic carbocycles. The van der Waals surface area contributed by atoms with Gasteiger partial charge < -0.3 is 10.6 Å². The molecule has 0 atom stereocenters. The standard InChI is InChI=1S/C13H13F2N3/c1-18(11-4-2-3-9(5-11)7-16)13-12(15)6-10(14)8-17-13/h2-6,8H,7,16H2,1H3. The van der Waals surface area contributed by atoms with Crippen molar-refractivity contribution in [1.29, 1.82) is 0 Å². The fraction of sp³-hybridized carbons (Fsp3) is 0.154. The van der Waals surface area contributed by atoms with Gasteiger partial charge >= 0.3 is 0 Å². The van der Waals surface area contributed by atoms with Gasteiger partial charge in [0.05, 0.1) is 6.20 Å². The van der Waals surface area contributed by atoms with E-state index in [0.29, 0.717) is 6.54 Å². The smallest absolute Gasteiger partial charge is 0.169 e. The van der Waals surface area contributed by atoms with Crippen molar-refractivity contribution < 1.29 is 8.78 Å². The maximum atomic E-state index is 13.6. The van der Waals surface area contributed by atoms with Crippen LogP contribution in [0.25, 0.3) is 0 Å². The molecule has 5 heteroatoms. The van der Waals surface area contributed by atoms with Crippen LogP contribution in [0.15, 0.2) is 36.5 Å². The van der Waals surface area contributed by atoms with E-state index in [9.17, 15) is 8.78 Å². The molecule has 2 rings (SSSR count). The first-order chi connectivity index (χ1) is 8.61. The number of halogens is 2. The molecule has 0 spiro atoms. The van der Waals surface area contributed by atoms with Gasteiger partial charge in [-0.15, -0.1) is 0 Å². The van der Waals surface area contributed by atoms with Gasteiger partial charge in [-0.1, -0.05) is 12.1 Å². The monoisotopic (exact) mass is 249 g/mol. The third-order valence-electron chi connectivity index (χ3n) is 2.64.